The maximum absolute atomic E-state index is 11.9. The summed E-state index contributed by atoms with van der Waals surface area (Å²) in [6.45, 7) is 0.679. The van der Waals surface area contributed by atoms with Crippen molar-refractivity contribution in [2.24, 2.45) is 11.7 Å². The predicted octanol–water partition coefficient (Wildman–Crippen LogP) is 1.78. The van der Waals surface area contributed by atoms with Crippen LogP contribution >= 0.6 is 0 Å². The van der Waals surface area contributed by atoms with Crippen molar-refractivity contribution < 1.29 is 14.3 Å². The van der Waals surface area contributed by atoms with Gasteiger partial charge in [0.2, 0.25) is 5.91 Å². The van der Waals surface area contributed by atoms with Gasteiger partial charge in [-0.1, -0.05) is 18.6 Å². The number of hydrogen-bond acceptors (Lipinski definition) is 4. The van der Waals surface area contributed by atoms with E-state index >= 15 is 0 Å². The van der Waals surface area contributed by atoms with Crippen molar-refractivity contribution in [2.45, 2.75) is 25.4 Å². The minimum Gasteiger partial charge on any atom is -0.495 e. The topological polar surface area (TPSA) is 73.6 Å². The molecule has 1 amide bonds. The highest BCUT2D eigenvalue weighted by atomic mass is 16.5. The lowest BCUT2D eigenvalue weighted by Gasteiger charge is -2.18. The Kier molecular flexibility index (Phi) is 5.38. The van der Waals surface area contributed by atoms with Crippen LogP contribution < -0.4 is 15.8 Å². The Labute approximate surface area is 119 Å². The van der Waals surface area contributed by atoms with E-state index in [0.717, 1.165) is 19.3 Å². The Morgan fingerprint density at radius 1 is 1.40 bits per heavy atom. The number of nitrogens with one attached hydrogen (secondary N) is 1. The van der Waals surface area contributed by atoms with Crippen molar-refractivity contribution >= 4 is 11.6 Å². The quantitative estimate of drug-likeness (QED) is 0.832. The van der Waals surface area contributed by atoms with Crippen molar-refractivity contribution in [3.8, 4) is 5.75 Å². The first-order valence-electron chi connectivity index (χ1n) is 6.99. The smallest absolute Gasteiger partial charge is 0.250 e. The molecule has 20 heavy (non-hydrogen) atoms. The van der Waals surface area contributed by atoms with Crippen LogP contribution in [0.4, 0.5) is 5.69 Å². The van der Waals surface area contributed by atoms with E-state index in [1.807, 2.05) is 12.1 Å². The third kappa shape index (κ3) is 3.71. The van der Waals surface area contributed by atoms with Crippen molar-refractivity contribution in [1.29, 1.82) is 0 Å². The number of carbonyl (C=O) groups is 1. The first-order valence-corrected chi connectivity index (χ1v) is 6.99. The van der Waals surface area contributed by atoms with E-state index in [9.17, 15) is 4.79 Å². The number of para-hydroxylation sites is 2. The highest BCUT2D eigenvalue weighted by molar-refractivity contribution is 5.93. The van der Waals surface area contributed by atoms with Gasteiger partial charge in [-0.15, -0.1) is 0 Å². The highest BCUT2D eigenvalue weighted by Crippen LogP contribution is 2.27. The molecule has 1 aliphatic rings. The van der Waals surface area contributed by atoms with E-state index < -0.39 is 0 Å². The number of benzene rings is 1. The van der Waals surface area contributed by atoms with Crippen molar-refractivity contribution in [2.75, 3.05) is 25.6 Å². The van der Waals surface area contributed by atoms with Crippen LogP contribution in [0, 0.1) is 5.92 Å². The largest absolute Gasteiger partial charge is 0.495 e. The summed E-state index contributed by atoms with van der Waals surface area (Å²) in [5.74, 6) is 0.854. The van der Waals surface area contributed by atoms with Crippen LogP contribution in [0.2, 0.25) is 0 Å². The van der Waals surface area contributed by atoms with Gasteiger partial charge < -0.3 is 20.5 Å². The molecule has 2 atom stereocenters. The van der Waals surface area contributed by atoms with Crippen LogP contribution in [0.15, 0.2) is 24.3 Å². The Bertz CT molecular complexity index is 450. The number of ether oxygens (including phenoxy) is 2. The molecule has 1 fully saturated rings. The fraction of sp³-hybridized carbons (Fsp3) is 0.533. The lowest BCUT2D eigenvalue weighted by molar-refractivity contribution is -0.123. The number of carbonyl (C=O) groups excluding carboxylic acids is 1. The van der Waals surface area contributed by atoms with Crippen LogP contribution in [0.1, 0.15) is 19.3 Å². The van der Waals surface area contributed by atoms with Gasteiger partial charge >= 0.3 is 0 Å². The molecule has 0 saturated heterocycles. The molecule has 5 heteroatoms. The molecule has 0 heterocycles. The van der Waals surface area contributed by atoms with E-state index in [1.54, 1.807) is 19.2 Å². The maximum atomic E-state index is 11.9. The third-order valence-electron chi connectivity index (χ3n) is 3.70. The number of amides is 1. The second kappa shape index (κ2) is 7.26. The average Bonchev–Trinajstić information content (AvgIpc) is 2.93. The standard InChI is InChI=1S/C15H22N2O3/c1-19-14-7-3-2-6-12(14)17-15(18)10-20-13-8-4-5-11(13)9-16/h2-3,6-7,11,13H,4-5,8-10,16H2,1H3,(H,17,18). The Morgan fingerprint density at radius 2 is 2.20 bits per heavy atom. The number of hydrogen-bond donors (Lipinski definition) is 2. The number of nitrogens with two attached hydrogens (primary N) is 1. The average molecular weight is 278 g/mol. The molecule has 2 rings (SSSR count). The summed E-state index contributed by atoms with van der Waals surface area (Å²) in [6.07, 6.45) is 3.32. The molecule has 1 aromatic rings. The lowest BCUT2D eigenvalue weighted by atomic mass is 10.1. The minimum atomic E-state index is -0.169. The molecule has 0 bridgehead atoms. The van der Waals surface area contributed by atoms with E-state index in [0.29, 0.717) is 23.9 Å². The fourth-order valence-electron chi connectivity index (χ4n) is 2.61. The zero-order chi connectivity index (χ0) is 14.4. The maximum Gasteiger partial charge on any atom is 0.250 e. The van der Waals surface area contributed by atoms with E-state index in [-0.39, 0.29) is 18.6 Å². The molecule has 0 spiro atoms. The normalized spacial score (nSPS) is 21.7. The molecule has 110 valence electrons. The third-order valence-corrected chi connectivity index (χ3v) is 3.70. The summed E-state index contributed by atoms with van der Waals surface area (Å²) in [5, 5.41) is 2.80. The Balaban J connectivity index is 1.83. The molecule has 0 aliphatic heterocycles. The minimum absolute atomic E-state index is 0.0548. The van der Waals surface area contributed by atoms with Crippen LogP contribution in [-0.2, 0) is 9.53 Å². The number of methoxy groups -OCH3 is 1. The lowest BCUT2D eigenvalue weighted by Crippen LogP contribution is -2.29. The molecule has 3 N–H and O–H groups in total. The molecule has 1 aliphatic carbocycles. The van der Waals surface area contributed by atoms with Gasteiger partial charge in [-0.3, -0.25) is 4.79 Å². The van der Waals surface area contributed by atoms with E-state index in [4.69, 9.17) is 15.2 Å². The SMILES string of the molecule is COc1ccccc1NC(=O)COC1CCCC1CN. The van der Waals surface area contributed by atoms with Crippen molar-refractivity contribution in [1.82, 2.24) is 0 Å². The van der Waals surface area contributed by atoms with Crippen molar-refractivity contribution in [3.05, 3.63) is 24.3 Å². The van der Waals surface area contributed by atoms with Crippen LogP contribution in [-0.4, -0.2) is 32.3 Å². The second-order valence-corrected chi connectivity index (χ2v) is 5.02. The summed E-state index contributed by atoms with van der Waals surface area (Å²) in [4.78, 5) is 11.9. The van der Waals surface area contributed by atoms with Gasteiger partial charge in [-0.25, -0.2) is 0 Å². The zero-order valence-electron chi connectivity index (χ0n) is 11.8. The molecule has 2 unspecified atom stereocenters. The predicted molar refractivity (Wildman–Crippen MR) is 77.8 cm³/mol. The highest BCUT2D eigenvalue weighted by Gasteiger charge is 2.27. The second-order valence-electron chi connectivity index (χ2n) is 5.02. The fourth-order valence-corrected chi connectivity index (χ4v) is 2.61. The monoisotopic (exact) mass is 278 g/mol. The summed E-state index contributed by atoms with van der Waals surface area (Å²) < 4.78 is 10.9. The first kappa shape index (κ1) is 14.8. The van der Waals surface area contributed by atoms with Crippen LogP contribution in [0.5, 0.6) is 5.75 Å². The number of rotatable bonds is 6. The zero-order valence-corrected chi connectivity index (χ0v) is 11.8. The van der Waals surface area contributed by atoms with Gasteiger partial charge in [0, 0.05) is 0 Å². The molecule has 0 aromatic heterocycles. The molecular formula is C15H22N2O3. The molecule has 1 aromatic carbocycles. The number of anilines is 1. The summed E-state index contributed by atoms with van der Waals surface area (Å²) in [6, 6.07) is 7.31. The van der Waals surface area contributed by atoms with Gasteiger partial charge in [0.15, 0.2) is 0 Å². The van der Waals surface area contributed by atoms with Crippen LogP contribution in [0.3, 0.4) is 0 Å². The molecule has 1 saturated carbocycles. The summed E-state index contributed by atoms with van der Waals surface area (Å²) in [5.41, 5.74) is 6.35. The molecule has 0 radical (unpaired) electrons. The van der Waals surface area contributed by atoms with Gasteiger partial charge in [-0.2, -0.15) is 0 Å². The molecular weight excluding hydrogens is 256 g/mol. The summed E-state index contributed by atoms with van der Waals surface area (Å²) >= 11 is 0. The van der Waals surface area contributed by atoms with Gasteiger partial charge in [0.1, 0.15) is 12.4 Å². The van der Waals surface area contributed by atoms with Gasteiger partial charge in [0.05, 0.1) is 18.9 Å². The molecule has 5 nitrogen and oxygen atoms in total. The van der Waals surface area contributed by atoms with Gasteiger partial charge in [-0.05, 0) is 37.4 Å². The van der Waals surface area contributed by atoms with E-state index in [1.165, 1.54) is 0 Å². The Hall–Kier alpha value is -1.59. The summed E-state index contributed by atoms with van der Waals surface area (Å²) in [7, 11) is 1.58. The van der Waals surface area contributed by atoms with E-state index in [2.05, 4.69) is 5.32 Å². The van der Waals surface area contributed by atoms with Gasteiger partial charge in [0.25, 0.3) is 0 Å². The van der Waals surface area contributed by atoms with Crippen molar-refractivity contribution in [3.63, 3.8) is 0 Å². The van der Waals surface area contributed by atoms with Crippen LogP contribution in [0.25, 0.3) is 0 Å². The Morgan fingerprint density at radius 3 is 2.95 bits per heavy atom. The first-order chi connectivity index (χ1) is 9.74.